The molecule has 110 valence electrons. The summed E-state index contributed by atoms with van der Waals surface area (Å²) < 4.78 is 0. The van der Waals surface area contributed by atoms with Crippen molar-refractivity contribution in [2.24, 2.45) is 0 Å². The minimum atomic E-state index is -0.946. The lowest BCUT2D eigenvalue weighted by Gasteiger charge is -2.39. The molecule has 1 N–H and O–H groups in total. The van der Waals surface area contributed by atoms with E-state index in [1.54, 1.807) is 4.90 Å². The maximum Gasteiger partial charge on any atom is 0.327 e. The number of carbonyl (C=O) groups is 3. The van der Waals surface area contributed by atoms with Gasteiger partial charge in [-0.25, -0.2) is 9.59 Å². The average molecular weight is 299 g/mol. The second-order valence-corrected chi connectivity index (χ2v) is 6.33. The van der Waals surface area contributed by atoms with Crippen LogP contribution in [0, 0.1) is 0 Å². The van der Waals surface area contributed by atoms with E-state index in [4.69, 9.17) is 5.11 Å². The molecule has 3 aliphatic heterocycles. The molecule has 3 amide bonds. The zero-order valence-electron chi connectivity index (χ0n) is 11.0. The number of piperazine rings is 1. The number of carbonyl (C=O) groups excluding carboxylic acids is 2. The number of fused-ring (bicyclic) bond motifs is 1. The van der Waals surface area contributed by atoms with Gasteiger partial charge in [0.1, 0.15) is 6.04 Å². The molecule has 20 heavy (non-hydrogen) atoms. The van der Waals surface area contributed by atoms with Crippen LogP contribution in [0.4, 0.5) is 4.79 Å². The predicted molar refractivity (Wildman–Crippen MR) is 72.3 cm³/mol. The summed E-state index contributed by atoms with van der Waals surface area (Å²) in [5, 5.41) is 9.14. The number of hydrogen-bond donors (Lipinski definition) is 1. The number of nitrogens with zero attached hydrogens (tertiary/aromatic N) is 3. The second-order valence-electron chi connectivity index (χ2n) is 5.33. The van der Waals surface area contributed by atoms with Crippen LogP contribution in [-0.4, -0.2) is 81.1 Å². The van der Waals surface area contributed by atoms with Gasteiger partial charge in [-0.3, -0.25) is 4.79 Å². The first-order valence-corrected chi connectivity index (χ1v) is 7.89. The Morgan fingerprint density at radius 2 is 2.10 bits per heavy atom. The Labute approximate surface area is 120 Å². The summed E-state index contributed by atoms with van der Waals surface area (Å²) in [7, 11) is 0. The van der Waals surface area contributed by atoms with Gasteiger partial charge >= 0.3 is 12.0 Å². The van der Waals surface area contributed by atoms with Crippen molar-refractivity contribution >= 4 is 29.7 Å². The van der Waals surface area contributed by atoms with Gasteiger partial charge in [0, 0.05) is 37.8 Å². The van der Waals surface area contributed by atoms with E-state index in [1.807, 2.05) is 4.90 Å². The number of amides is 3. The smallest absolute Gasteiger partial charge is 0.327 e. The lowest BCUT2D eigenvalue weighted by atomic mass is 10.1. The molecule has 3 rings (SSSR count). The number of rotatable bonds is 1. The van der Waals surface area contributed by atoms with Gasteiger partial charge in [-0.2, -0.15) is 0 Å². The van der Waals surface area contributed by atoms with Crippen molar-refractivity contribution in [1.29, 1.82) is 0 Å². The first kappa shape index (κ1) is 13.5. The van der Waals surface area contributed by atoms with Crippen LogP contribution in [0.3, 0.4) is 0 Å². The van der Waals surface area contributed by atoms with Gasteiger partial charge in [-0.1, -0.05) is 0 Å². The van der Waals surface area contributed by atoms with E-state index in [-0.39, 0.29) is 18.0 Å². The molecule has 0 spiro atoms. The molecule has 0 aromatic rings. The van der Waals surface area contributed by atoms with Crippen LogP contribution in [-0.2, 0) is 9.59 Å². The molecular weight excluding hydrogens is 282 g/mol. The standard InChI is InChI=1S/C12H17N3O4S/c16-10-2-1-8-5-13(3-4-14(8)10)12(19)15-7-20-6-9(15)11(17)18/h8-9H,1-7H2,(H,17,18). The molecule has 0 radical (unpaired) electrons. The minimum absolute atomic E-state index is 0.110. The van der Waals surface area contributed by atoms with Crippen molar-refractivity contribution in [2.75, 3.05) is 31.3 Å². The number of hydrogen-bond acceptors (Lipinski definition) is 4. The highest BCUT2D eigenvalue weighted by Gasteiger charge is 2.41. The van der Waals surface area contributed by atoms with Crippen LogP contribution in [0.15, 0.2) is 0 Å². The van der Waals surface area contributed by atoms with Gasteiger partial charge in [0.05, 0.1) is 5.88 Å². The Morgan fingerprint density at radius 3 is 2.85 bits per heavy atom. The highest BCUT2D eigenvalue weighted by molar-refractivity contribution is 7.99. The summed E-state index contributed by atoms with van der Waals surface area (Å²) in [6, 6.07) is -0.823. The van der Waals surface area contributed by atoms with Gasteiger partial charge in [0.2, 0.25) is 5.91 Å². The van der Waals surface area contributed by atoms with Crippen LogP contribution in [0.2, 0.25) is 0 Å². The number of carboxylic acids is 1. The third-order valence-corrected chi connectivity index (χ3v) is 5.19. The van der Waals surface area contributed by atoms with Gasteiger partial charge in [0.15, 0.2) is 0 Å². The van der Waals surface area contributed by atoms with Crippen LogP contribution >= 0.6 is 11.8 Å². The summed E-state index contributed by atoms with van der Waals surface area (Å²) in [6.07, 6.45) is 1.35. The Bertz CT molecular complexity index is 458. The minimum Gasteiger partial charge on any atom is -0.480 e. The maximum absolute atomic E-state index is 12.5. The molecule has 3 aliphatic rings. The van der Waals surface area contributed by atoms with E-state index in [1.165, 1.54) is 16.7 Å². The largest absolute Gasteiger partial charge is 0.480 e. The molecule has 0 saturated carbocycles. The van der Waals surface area contributed by atoms with Gasteiger partial charge in [-0.15, -0.1) is 11.8 Å². The topological polar surface area (TPSA) is 81.2 Å². The Hall–Kier alpha value is -1.44. The predicted octanol–water partition coefficient (Wildman–Crippen LogP) is -0.127. The molecule has 2 atom stereocenters. The summed E-state index contributed by atoms with van der Waals surface area (Å²) in [6.45, 7) is 1.58. The molecular formula is C12H17N3O4S. The highest BCUT2D eigenvalue weighted by atomic mass is 32.2. The molecule has 3 fully saturated rings. The van der Waals surface area contributed by atoms with Crippen LogP contribution < -0.4 is 0 Å². The first-order chi connectivity index (χ1) is 9.58. The fraction of sp³-hybridized carbons (Fsp3) is 0.750. The van der Waals surface area contributed by atoms with E-state index in [2.05, 4.69) is 0 Å². The average Bonchev–Trinajstić information content (AvgIpc) is 3.05. The number of aliphatic carboxylic acids is 1. The summed E-state index contributed by atoms with van der Waals surface area (Å²) in [5.74, 6) is 0.100. The van der Waals surface area contributed by atoms with E-state index in [0.29, 0.717) is 37.7 Å². The number of carboxylic acid groups (broad SMARTS) is 1. The Kier molecular flexibility index (Phi) is 3.49. The summed E-state index contributed by atoms with van der Waals surface area (Å²) >= 11 is 1.46. The lowest BCUT2D eigenvalue weighted by Crippen LogP contribution is -2.57. The number of urea groups is 1. The molecule has 8 heteroatoms. The fourth-order valence-corrected chi connectivity index (χ4v) is 4.19. The van der Waals surface area contributed by atoms with Crippen LogP contribution in [0.5, 0.6) is 0 Å². The van der Waals surface area contributed by atoms with Crippen molar-refractivity contribution < 1.29 is 19.5 Å². The van der Waals surface area contributed by atoms with Crippen molar-refractivity contribution in [1.82, 2.24) is 14.7 Å². The third kappa shape index (κ3) is 2.21. The molecule has 3 saturated heterocycles. The zero-order chi connectivity index (χ0) is 14.3. The summed E-state index contributed by atoms with van der Waals surface area (Å²) in [4.78, 5) is 40.2. The maximum atomic E-state index is 12.5. The van der Waals surface area contributed by atoms with Gasteiger partial charge in [0.25, 0.3) is 0 Å². The second kappa shape index (κ2) is 5.16. The number of thioether (sulfide) groups is 1. The molecule has 2 unspecified atom stereocenters. The summed E-state index contributed by atoms with van der Waals surface area (Å²) in [5.41, 5.74) is 0. The van der Waals surface area contributed by atoms with Crippen molar-refractivity contribution in [3.63, 3.8) is 0 Å². The molecule has 3 heterocycles. The van der Waals surface area contributed by atoms with E-state index < -0.39 is 12.0 Å². The first-order valence-electron chi connectivity index (χ1n) is 6.73. The van der Waals surface area contributed by atoms with Crippen LogP contribution in [0.1, 0.15) is 12.8 Å². The third-order valence-electron chi connectivity index (χ3n) is 4.18. The SMILES string of the molecule is O=C(O)C1CSCN1C(=O)N1CCN2C(=O)CCC2C1. The zero-order valence-corrected chi connectivity index (χ0v) is 11.8. The van der Waals surface area contributed by atoms with Crippen LogP contribution in [0.25, 0.3) is 0 Å². The van der Waals surface area contributed by atoms with Crippen molar-refractivity contribution in [2.45, 2.75) is 24.9 Å². The van der Waals surface area contributed by atoms with Gasteiger partial charge in [-0.05, 0) is 6.42 Å². The molecule has 0 aliphatic carbocycles. The quantitative estimate of drug-likeness (QED) is 0.729. The monoisotopic (exact) mass is 299 g/mol. The fourth-order valence-electron chi connectivity index (χ4n) is 3.06. The molecule has 0 aromatic carbocycles. The Balaban J connectivity index is 1.66. The molecule has 7 nitrogen and oxygen atoms in total. The highest BCUT2D eigenvalue weighted by Crippen LogP contribution is 2.26. The molecule has 0 aromatic heterocycles. The van der Waals surface area contributed by atoms with E-state index in [9.17, 15) is 14.4 Å². The lowest BCUT2D eigenvalue weighted by molar-refractivity contribution is -0.141. The normalized spacial score (nSPS) is 29.8. The van der Waals surface area contributed by atoms with E-state index >= 15 is 0 Å². The van der Waals surface area contributed by atoms with Crippen molar-refractivity contribution in [3.05, 3.63) is 0 Å². The van der Waals surface area contributed by atoms with E-state index in [0.717, 1.165) is 6.42 Å². The van der Waals surface area contributed by atoms with Crippen molar-refractivity contribution in [3.8, 4) is 0 Å². The Morgan fingerprint density at radius 1 is 1.30 bits per heavy atom. The molecule has 0 bridgehead atoms. The van der Waals surface area contributed by atoms with Gasteiger partial charge < -0.3 is 19.8 Å².